The van der Waals surface area contributed by atoms with Crippen LogP contribution < -0.4 is 0 Å². The summed E-state index contributed by atoms with van der Waals surface area (Å²) in [4.78, 5) is 24.6. The van der Waals surface area contributed by atoms with E-state index >= 15 is 0 Å². The lowest BCUT2D eigenvalue weighted by molar-refractivity contribution is -0.161. The van der Waals surface area contributed by atoms with Crippen LogP contribution in [0.2, 0.25) is 0 Å². The molecule has 0 aliphatic carbocycles. The third-order valence-corrected chi connectivity index (χ3v) is 14.9. The lowest BCUT2D eigenvalue weighted by Gasteiger charge is -2.15. The summed E-state index contributed by atoms with van der Waals surface area (Å²) in [5, 5.41) is 9.68. The fraction of sp³-hybridized carbons (Fsp3) is 0.968. The monoisotopic (exact) mass is 961 g/mol. The number of carbonyl (C=O) groups excluding carboxylic acids is 2. The second kappa shape index (κ2) is 60.2. The van der Waals surface area contributed by atoms with Gasteiger partial charge < -0.3 is 14.6 Å². The van der Waals surface area contributed by atoms with Crippen LogP contribution in [0.3, 0.4) is 0 Å². The minimum absolute atomic E-state index is 0.0554. The van der Waals surface area contributed by atoms with Crippen molar-refractivity contribution in [2.45, 2.75) is 380 Å². The lowest BCUT2D eigenvalue weighted by atomic mass is 10.0. The number of rotatable bonds is 60. The van der Waals surface area contributed by atoms with Crippen LogP contribution in [0.4, 0.5) is 0 Å². The van der Waals surface area contributed by atoms with Gasteiger partial charge >= 0.3 is 11.9 Å². The molecule has 68 heavy (non-hydrogen) atoms. The van der Waals surface area contributed by atoms with Crippen molar-refractivity contribution in [2.75, 3.05) is 13.2 Å². The molecule has 0 radical (unpaired) electrons. The quantitative estimate of drug-likeness (QED) is 0.0486. The molecule has 5 heteroatoms. The summed E-state index contributed by atoms with van der Waals surface area (Å²) in [7, 11) is 0. The summed E-state index contributed by atoms with van der Waals surface area (Å²) in [6.07, 6.45) is 74.0. The molecule has 0 fully saturated rings. The van der Waals surface area contributed by atoms with Gasteiger partial charge in [-0.3, -0.25) is 9.59 Å². The molecule has 0 aliphatic rings. The first-order chi connectivity index (χ1) is 33.6. The molecule has 0 spiro atoms. The Bertz CT molecular complexity index is 952. The Hall–Kier alpha value is -1.10. The number of hydrogen-bond acceptors (Lipinski definition) is 5. The van der Waals surface area contributed by atoms with Crippen LogP contribution in [0.15, 0.2) is 0 Å². The van der Waals surface area contributed by atoms with Gasteiger partial charge in [0.1, 0.15) is 6.61 Å². The predicted molar refractivity (Wildman–Crippen MR) is 298 cm³/mol. The van der Waals surface area contributed by atoms with Crippen LogP contribution in [-0.2, 0) is 19.1 Å². The Morgan fingerprint density at radius 3 is 0.647 bits per heavy atom. The molecule has 1 atom stereocenters. The van der Waals surface area contributed by atoms with Gasteiger partial charge in [0.2, 0.25) is 0 Å². The highest BCUT2D eigenvalue weighted by atomic mass is 16.6. The lowest BCUT2D eigenvalue weighted by Crippen LogP contribution is -2.28. The highest BCUT2D eigenvalue weighted by Crippen LogP contribution is 2.19. The Labute approximate surface area is 427 Å². The predicted octanol–water partition coefficient (Wildman–Crippen LogP) is 21.3. The molecule has 5 nitrogen and oxygen atoms in total. The van der Waals surface area contributed by atoms with Crippen molar-refractivity contribution in [1.82, 2.24) is 0 Å². The maximum Gasteiger partial charge on any atom is 0.306 e. The molecule has 0 rings (SSSR count). The first-order valence-corrected chi connectivity index (χ1v) is 31.6. The SMILES string of the molecule is CCCCCCCCCCCCCCCCCCCCCCCCCCCCCC(=O)OCC(CO)OC(=O)CCCCCCCCCCCCCCCCCCCCCCCCCCCCC. The first-order valence-electron chi connectivity index (χ1n) is 31.6. The fourth-order valence-corrected chi connectivity index (χ4v) is 10.2. The van der Waals surface area contributed by atoms with E-state index in [9.17, 15) is 14.7 Å². The Morgan fingerprint density at radius 2 is 0.456 bits per heavy atom. The first kappa shape index (κ1) is 66.9. The Kier molecular flexibility index (Phi) is 59.2. The second-order valence-electron chi connectivity index (χ2n) is 21.9. The van der Waals surface area contributed by atoms with Crippen molar-refractivity contribution < 1.29 is 24.2 Å². The zero-order valence-corrected chi connectivity index (χ0v) is 46.7. The van der Waals surface area contributed by atoms with Gasteiger partial charge in [0.15, 0.2) is 6.10 Å². The van der Waals surface area contributed by atoms with Crippen molar-refractivity contribution in [2.24, 2.45) is 0 Å². The van der Waals surface area contributed by atoms with Gasteiger partial charge in [-0.1, -0.05) is 348 Å². The number of aliphatic hydroxyl groups excluding tert-OH is 1. The Balaban J connectivity index is 3.37. The van der Waals surface area contributed by atoms with E-state index in [2.05, 4.69) is 13.8 Å². The van der Waals surface area contributed by atoms with Crippen molar-refractivity contribution in [3.05, 3.63) is 0 Å². The number of ether oxygens (including phenoxy) is 2. The molecule has 0 heterocycles. The standard InChI is InChI=1S/C63H124O5/c1-3-5-7-9-11-13-15-17-19-21-23-25-27-29-31-33-35-37-39-41-43-45-47-49-51-53-55-57-62(65)67-60-61(59-64)68-63(66)58-56-54-52-50-48-46-44-42-40-38-36-34-32-30-28-26-24-22-20-18-16-14-12-10-8-6-4-2/h61,64H,3-60H2,1-2H3. The highest BCUT2D eigenvalue weighted by Gasteiger charge is 2.16. The van der Waals surface area contributed by atoms with Crippen LogP contribution in [0.1, 0.15) is 373 Å². The van der Waals surface area contributed by atoms with E-state index in [1.807, 2.05) is 0 Å². The summed E-state index contributed by atoms with van der Waals surface area (Å²) in [5.74, 6) is -0.560. The normalized spacial score (nSPS) is 12.0. The molecule has 0 saturated heterocycles. The molecule has 1 unspecified atom stereocenters. The molecular weight excluding hydrogens is 837 g/mol. The van der Waals surface area contributed by atoms with Crippen LogP contribution >= 0.6 is 0 Å². The van der Waals surface area contributed by atoms with Gasteiger partial charge in [-0.15, -0.1) is 0 Å². The summed E-state index contributed by atoms with van der Waals surface area (Å²) >= 11 is 0. The van der Waals surface area contributed by atoms with Crippen molar-refractivity contribution in [1.29, 1.82) is 0 Å². The molecule has 0 saturated carbocycles. The van der Waals surface area contributed by atoms with Crippen LogP contribution in [0, 0.1) is 0 Å². The maximum absolute atomic E-state index is 12.3. The van der Waals surface area contributed by atoms with Gasteiger partial charge in [-0.25, -0.2) is 0 Å². The van der Waals surface area contributed by atoms with Crippen molar-refractivity contribution >= 4 is 11.9 Å². The summed E-state index contributed by atoms with van der Waals surface area (Å²) < 4.78 is 10.7. The second-order valence-corrected chi connectivity index (χ2v) is 21.9. The molecule has 406 valence electrons. The summed E-state index contributed by atoms with van der Waals surface area (Å²) in [5.41, 5.74) is 0. The van der Waals surface area contributed by atoms with E-state index in [0.717, 1.165) is 32.1 Å². The molecule has 0 aromatic carbocycles. The zero-order valence-electron chi connectivity index (χ0n) is 46.7. The number of esters is 2. The summed E-state index contributed by atoms with van der Waals surface area (Å²) in [6, 6.07) is 0. The van der Waals surface area contributed by atoms with E-state index < -0.39 is 6.10 Å². The van der Waals surface area contributed by atoms with E-state index in [4.69, 9.17) is 9.47 Å². The molecule has 0 aliphatic heterocycles. The van der Waals surface area contributed by atoms with E-state index in [1.165, 1.54) is 315 Å². The molecule has 0 amide bonds. The smallest absolute Gasteiger partial charge is 0.306 e. The third-order valence-electron chi connectivity index (χ3n) is 14.9. The van der Waals surface area contributed by atoms with Gasteiger partial charge in [-0.2, -0.15) is 0 Å². The van der Waals surface area contributed by atoms with Gasteiger partial charge in [0.05, 0.1) is 6.61 Å². The molecular formula is C63H124O5. The largest absolute Gasteiger partial charge is 0.462 e. The van der Waals surface area contributed by atoms with Crippen molar-refractivity contribution in [3.8, 4) is 0 Å². The van der Waals surface area contributed by atoms with Crippen LogP contribution in [0.25, 0.3) is 0 Å². The number of unbranched alkanes of at least 4 members (excludes halogenated alkanes) is 52. The van der Waals surface area contributed by atoms with Gasteiger partial charge in [-0.05, 0) is 12.8 Å². The molecule has 0 aromatic rings. The fourth-order valence-electron chi connectivity index (χ4n) is 10.2. The third kappa shape index (κ3) is 57.5. The minimum Gasteiger partial charge on any atom is -0.462 e. The highest BCUT2D eigenvalue weighted by molar-refractivity contribution is 5.70. The molecule has 1 N–H and O–H groups in total. The van der Waals surface area contributed by atoms with E-state index in [1.54, 1.807) is 0 Å². The number of aliphatic hydroxyl groups is 1. The number of carbonyl (C=O) groups is 2. The number of hydrogen-bond donors (Lipinski definition) is 1. The topological polar surface area (TPSA) is 72.8 Å². The van der Waals surface area contributed by atoms with Crippen molar-refractivity contribution in [3.63, 3.8) is 0 Å². The molecule has 0 bridgehead atoms. The zero-order chi connectivity index (χ0) is 49.2. The maximum atomic E-state index is 12.3. The van der Waals surface area contributed by atoms with E-state index in [-0.39, 0.29) is 25.2 Å². The average Bonchev–Trinajstić information content (AvgIpc) is 3.34. The average molecular weight is 962 g/mol. The van der Waals surface area contributed by atoms with Crippen LogP contribution in [0.5, 0.6) is 0 Å². The van der Waals surface area contributed by atoms with E-state index in [0.29, 0.717) is 12.8 Å². The summed E-state index contributed by atoms with van der Waals surface area (Å²) in [6.45, 7) is 4.22. The minimum atomic E-state index is -0.765. The van der Waals surface area contributed by atoms with Gasteiger partial charge in [0.25, 0.3) is 0 Å². The van der Waals surface area contributed by atoms with Gasteiger partial charge in [0, 0.05) is 12.8 Å². The Morgan fingerprint density at radius 1 is 0.279 bits per heavy atom. The molecule has 0 aromatic heterocycles. The van der Waals surface area contributed by atoms with Crippen LogP contribution in [-0.4, -0.2) is 36.4 Å².